The second-order valence-electron chi connectivity index (χ2n) is 4.58. The van der Waals surface area contributed by atoms with E-state index >= 15 is 0 Å². The highest BCUT2D eigenvalue weighted by atomic mass is 16.5. The fourth-order valence-corrected chi connectivity index (χ4v) is 2.36. The van der Waals surface area contributed by atoms with Crippen LogP contribution in [0.15, 0.2) is 24.3 Å². The Hall–Kier alpha value is -1.79. The minimum atomic E-state index is -0.106. The minimum Gasteiger partial charge on any atom is -0.392 e. The molecule has 1 fully saturated rings. The fourth-order valence-electron chi connectivity index (χ4n) is 2.36. The molecule has 1 atom stereocenters. The first kappa shape index (κ1) is 12.3. The molecule has 0 bridgehead atoms. The Bertz CT molecular complexity index is 549. The summed E-state index contributed by atoms with van der Waals surface area (Å²) in [6.07, 6.45) is 3.01. The maximum Gasteiger partial charge on any atom is 0.185 e. The monoisotopic (exact) mass is 260 g/mol. The summed E-state index contributed by atoms with van der Waals surface area (Å²) >= 11 is 0. The molecule has 0 spiro atoms. The normalized spacial score (nSPS) is 19.5. The van der Waals surface area contributed by atoms with Crippen molar-refractivity contribution in [2.75, 3.05) is 6.61 Å². The van der Waals surface area contributed by atoms with Crippen LogP contribution in [-0.4, -0.2) is 31.9 Å². The highest BCUT2D eigenvalue weighted by molar-refractivity contribution is 5.59. The summed E-state index contributed by atoms with van der Waals surface area (Å²) in [7, 11) is 0. The smallest absolute Gasteiger partial charge is 0.185 e. The van der Waals surface area contributed by atoms with Crippen molar-refractivity contribution < 1.29 is 9.84 Å². The lowest BCUT2D eigenvalue weighted by molar-refractivity contribution is -0.0394. The molecule has 1 saturated heterocycles. The van der Waals surface area contributed by atoms with Crippen molar-refractivity contribution in [3.8, 4) is 11.4 Å². The number of rotatable bonds is 3. The van der Waals surface area contributed by atoms with Crippen LogP contribution in [0.1, 0.15) is 31.1 Å². The number of ether oxygens (including phenoxy) is 1. The van der Waals surface area contributed by atoms with E-state index < -0.39 is 0 Å². The van der Waals surface area contributed by atoms with Gasteiger partial charge in [-0.2, -0.15) is 4.68 Å². The van der Waals surface area contributed by atoms with Crippen LogP contribution in [0.4, 0.5) is 0 Å². The number of hydrogen-bond donors (Lipinski definition) is 1. The molecule has 1 aliphatic rings. The zero-order valence-electron chi connectivity index (χ0n) is 10.6. The SMILES string of the molecule is OCc1ccccc1-c1nnnn1C1CCCCO1. The van der Waals surface area contributed by atoms with Gasteiger partial charge in [0.1, 0.15) is 0 Å². The number of hydrogen-bond acceptors (Lipinski definition) is 5. The molecular formula is C13H16N4O2. The lowest BCUT2D eigenvalue weighted by atomic mass is 10.1. The van der Waals surface area contributed by atoms with Crippen LogP contribution in [0.3, 0.4) is 0 Å². The second kappa shape index (κ2) is 5.46. The molecule has 2 heterocycles. The molecule has 0 aliphatic carbocycles. The number of tetrazole rings is 1. The first-order valence-electron chi connectivity index (χ1n) is 6.49. The van der Waals surface area contributed by atoms with Crippen LogP contribution in [0.25, 0.3) is 11.4 Å². The van der Waals surface area contributed by atoms with Gasteiger partial charge in [0.25, 0.3) is 0 Å². The van der Waals surface area contributed by atoms with E-state index in [0.717, 1.165) is 37.0 Å². The average Bonchev–Trinajstić information content (AvgIpc) is 2.97. The van der Waals surface area contributed by atoms with Gasteiger partial charge in [-0.1, -0.05) is 24.3 Å². The molecule has 0 radical (unpaired) electrons. The van der Waals surface area contributed by atoms with Gasteiger partial charge in [0.2, 0.25) is 0 Å². The lowest BCUT2D eigenvalue weighted by Crippen LogP contribution is -2.20. The number of aliphatic hydroxyl groups excluding tert-OH is 1. The standard InChI is InChI=1S/C13H16N4O2/c18-9-10-5-1-2-6-11(10)13-14-15-16-17(13)12-7-3-4-8-19-12/h1-2,5-6,12,18H,3-4,7-9H2. The maximum absolute atomic E-state index is 9.41. The van der Waals surface area contributed by atoms with Gasteiger partial charge in [-0.3, -0.25) is 0 Å². The zero-order chi connectivity index (χ0) is 13.1. The zero-order valence-corrected chi connectivity index (χ0v) is 10.6. The van der Waals surface area contributed by atoms with Gasteiger partial charge >= 0.3 is 0 Å². The molecule has 1 aliphatic heterocycles. The molecule has 1 aromatic carbocycles. The first-order valence-corrected chi connectivity index (χ1v) is 6.49. The van der Waals surface area contributed by atoms with Gasteiger partial charge in [-0.25, -0.2) is 0 Å². The van der Waals surface area contributed by atoms with Crippen LogP contribution in [0, 0.1) is 0 Å². The van der Waals surface area contributed by atoms with E-state index in [4.69, 9.17) is 4.74 Å². The molecule has 19 heavy (non-hydrogen) atoms. The molecule has 0 saturated carbocycles. The Balaban J connectivity index is 1.99. The van der Waals surface area contributed by atoms with Crippen LogP contribution >= 0.6 is 0 Å². The Morgan fingerprint density at radius 2 is 2.21 bits per heavy atom. The van der Waals surface area contributed by atoms with Gasteiger partial charge < -0.3 is 9.84 Å². The fraction of sp³-hybridized carbons (Fsp3) is 0.462. The summed E-state index contributed by atoms with van der Waals surface area (Å²) in [5, 5.41) is 21.3. The van der Waals surface area contributed by atoms with E-state index in [2.05, 4.69) is 15.5 Å². The van der Waals surface area contributed by atoms with Crippen molar-refractivity contribution in [1.29, 1.82) is 0 Å². The predicted molar refractivity (Wildman–Crippen MR) is 68.0 cm³/mol. The summed E-state index contributed by atoms with van der Waals surface area (Å²) in [5.74, 6) is 0.650. The van der Waals surface area contributed by atoms with Crippen molar-refractivity contribution in [2.24, 2.45) is 0 Å². The third-order valence-corrected chi connectivity index (χ3v) is 3.35. The number of benzene rings is 1. The van der Waals surface area contributed by atoms with E-state index in [9.17, 15) is 5.11 Å². The molecular weight excluding hydrogens is 244 g/mol. The Morgan fingerprint density at radius 1 is 1.32 bits per heavy atom. The quantitative estimate of drug-likeness (QED) is 0.906. The molecule has 100 valence electrons. The van der Waals surface area contributed by atoms with Crippen molar-refractivity contribution in [1.82, 2.24) is 20.2 Å². The average molecular weight is 260 g/mol. The van der Waals surface area contributed by atoms with Crippen LogP contribution in [0.2, 0.25) is 0 Å². The molecule has 2 aromatic rings. The first-order chi connectivity index (χ1) is 9.40. The summed E-state index contributed by atoms with van der Waals surface area (Å²) in [5.41, 5.74) is 1.67. The predicted octanol–water partition coefficient (Wildman–Crippen LogP) is 1.53. The topological polar surface area (TPSA) is 73.1 Å². The number of nitrogens with zero attached hydrogens (tertiary/aromatic N) is 4. The van der Waals surface area contributed by atoms with E-state index in [1.54, 1.807) is 4.68 Å². The Kier molecular flexibility index (Phi) is 3.52. The van der Waals surface area contributed by atoms with Crippen LogP contribution < -0.4 is 0 Å². The Morgan fingerprint density at radius 3 is 3.00 bits per heavy atom. The Labute approximate surface area is 111 Å². The van der Waals surface area contributed by atoms with E-state index in [0.29, 0.717) is 5.82 Å². The minimum absolute atomic E-state index is 0.0332. The van der Waals surface area contributed by atoms with Gasteiger partial charge in [-0.05, 0) is 35.3 Å². The number of aliphatic hydroxyl groups is 1. The van der Waals surface area contributed by atoms with Gasteiger partial charge in [0, 0.05) is 12.2 Å². The summed E-state index contributed by atoms with van der Waals surface area (Å²) in [4.78, 5) is 0. The van der Waals surface area contributed by atoms with Gasteiger partial charge in [0.15, 0.2) is 12.1 Å². The van der Waals surface area contributed by atoms with E-state index in [1.807, 2.05) is 24.3 Å². The molecule has 6 heteroatoms. The second-order valence-corrected chi connectivity index (χ2v) is 4.58. The van der Waals surface area contributed by atoms with Crippen molar-refractivity contribution >= 4 is 0 Å². The molecule has 6 nitrogen and oxygen atoms in total. The van der Waals surface area contributed by atoms with Gasteiger partial charge in [-0.15, -0.1) is 5.10 Å². The molecule has 1 aromatic heterocycles. The van der Waals surface area contributed by atoms with Gasteiger partial charge in [0.05, 0.1) is 6.61 Å². The molecule has 3 rings (SSSR count). The third kappa shape index (κ3) is 2.36. The molecule has 1 unspecified atom stereocenters. The van der Waals surface area contributed by atoms with E-state index in [1.165, 1.54) is 0 Å². The summed E-state index contributed by atoms with van der Waals surface area (Å²) in [6.45, 7) is 0.709. The summed E-state index contributed by atoms with van der Waals surface area (Å²) in [6, 6.07) is 7.59. The molecule has 1 N–H and O–H groups in total. The largest absolute Gasteiger partial charge is 0.392 e. The third-order valence-electron chi connectivity index (χ3n) is 3.35. The maximum atomic E-state index is 9.41. The highest BCUT2D eigenvalue weighted by Gasteiger charge is 2.22. The van der Waals surface area contributed by atoms with Crippen molar-refractivity contribution in [3.05, 3.63) is 29.8 Å². The number of aromatic nitrogens is 4. The summed E-state index contributed by atoms with van der Waals surface area (Å²) < 4.78 is 7.43. The van der Waals surface area contributed by atoms with Crippen LogP contribution in [0.5, 0.6) is 0 Å². The van der Waals surface area contributed by atoms with E-state index in [-0.39, 0.29) is 12.8 Å². The molecule has 0 amide bonds. The lowest BCUT2D eigenvalue weighted by Gasteiger charge is -2.23. The van der Waals surface area contributed by atoms with Crippen molar-refractivity contribution in [3.63, 3.8) is 0 Å². The van der Waals surface area contributed by atoms with Crippen molar-refractivity contribution in [2.45, 2.75) is 32.1 Å². The highest BCUT2D eigenvalue weighted by Crippen LogP contribution is 2.27. The van der Waals surface area contributed by atoms with Crippen LogP contribution in [-0.2, 0) is 11.3 Å².